The van der Waals surface area contributed by atoms with Crippen LogP contribution in [0.5, 0.6) is 0 Å². The highest BCUT2D eigenvalue weighted by molar-refractivity contribution is 5.85. The van der Waals surface area contributed by atoms with Gasteiger partial charge in [-0.3, -0.25) is 9.36 Å². The Morgan fingerprint density at radius 3 is 2.84 bits per heavy atom. The van der Waals surface area contributed by atoms with E-state index in [9.17, 15) is 4.79 Å². The molecule has 1 atom stereocenters. The molecule has 0 radical (unpaired) electrons. The SMILES string of the molecule is Cl.Cl.O=C(NCc1ccnc(-n2ccnc2)c1)C1CC12CCNCC2. The summed E-state index contributed by atoms with van der Waals surface area (Å²) in [5, 5.41) is 6.46. The first-order valence-corrected chi connectivity index (χ1v) is 8.19. The summed E-state index contributed by atoms with van der Waals surface area (Å²) in [5.41, 5.74) is 1.34. The Bertz CT molecular complexity index is 701. The van der Waals surface area contributed by atoms with Crippen molar-refractivity contribution < 1.29 is 4.79 Å². The first-order chi connectivity index (χ1) is 11.3. The lowest BCUT2D eigenvalue weighted by Crippen LogP contribution is -2.33. The molecule has 4 rings (SSSR count). The maximum atomic E-state index is 12.4. The fourth-order valence-electron chi connectivity index (χ4n) is 3.61. The average Bonchev–Trinajstić information content (AvgIpc) is 3.02. The summed E-state index contributed by atoms with van der Waals surface area (Å²) in [4.78, 5) is 20.8. The Morgan fingerprint density at radius 1 is 1.32 bits per heavy atom. The van der Waals surface area contributed by atoms with Crippen molar-refractivity contribution >= 4 is 30.7 Å². The summed E-state index contributed by atoms with van der Waals surface area (Å²) in [5.74, 6) is 1.22. The zero-order valence-electron chi connectivity index (χ0n) is 13.9. The van der Waals surface area contributed by atoms with Gasteiger partial charge in [-0.25, -0.2) is 9.97 Å². The molecular formula is C17H23Cl2N5O. The number of amides is 1. The molecule has 2 aromatic heterocycles. The highest BCUT2D eigenvalue weighted by Gasteiger charge is 2.57. The Morgan fingerprint density at radius 2 is 2.12 bits per heavy atom. The zero-order valence-corrected chi connectivity index (χ0v) is 15.5. The quantitative estimate of drug-likeness (QED) is 0.847. The van der Waals surface area contributed by atoms with Crippen LogP contribution in [0.15, 0.2) is 37.1 Å². The van der Waals surface area contributed by atoms with Gasteiger partial charge in [0.15, 0.2) is 0 Å². The number of hydrogen-bond donors (Lipinski definition) is 2. The van der Waals surface area contributed by atoms with Crippen LogP contribution in [0.1, 0.15) is 24.8 Å². The van der Waals surface area contributed by atoms with E-state index in [1.165, 1.54) is 0 Å². The van der Waals surface area contributed by atoms with Crippen molar-refractivity contribution in [1.82, 2.24) is 25.2 Å². The van der Waals surface area contributed by atoms with E-state index in [0.717, 1.165) is 43.7 Å². The van der Waals surface area contributed by atoms with E-state index < -0.39 is 0 Å². The number of carbonyl (C=O) groups is 1. The maximum Gasteiger partial charge on any atom is 0.223 e. The molecule has 25 heavy (non-hydrogen) atoms. The first kappa shape index (κ1) is 19.7. The molecule has 8 heteroatoms. The lowest BCUT2D eigenvalue weighted by molar-refractivity contribution is -0.123. The van der Waals surface area contributed by atoms with E-state index in [0.29, 0.717) is 6.54 Å². The molecule has 6 nitrogen and oxygen atoms in total. The van der Waals surface area contributed by atoms with Crippen LogP contribution in [0, 0.1) is 11.3 Å². The molecule has 3 heterocycles. The van der Waals surface area contributed by atoms with Crippen LogP contribution in [-0.2, 0) is 11.3 Å². The van der Waals surface area contributed by atoms with Gasteiger partial charge in [0.05, 0.1) is 0 Å². The maximum absolute atomic E-state index is 12.4. The molecule has 1 saturated carbocycles. The fraction of sp³-hybridized carbons (Fsp3) is 0.471. The number of halogens is 2. The second-order valence-electron chi connectivity index (χ2n) is 6.58. The van der Waals surface area contributed by atoms with Crippen LogP contribution >= 0.6 is 24.8 Å². The Kier molecular flexibility index (Phi) is 6.43. The smallest absolute Gasteiger partial charge is 0.223 e. The van der Waals surface area contributed by atoms with Crippen LogP contribution in [0.3, 0.4) is 0 Å². The monoisotopic (exact) mass is 383 g/mol. The van der Waals surface area contributed by atoms with Gasteiger partial charge in [-0.1, -0.05) is 0 Å². The number of rotatable bonds is 4. The van der Waals surface area contributed by atoms with Gasteiger partial charge in [0.25, 0.3) is 0 Å². The number of pyridine rings is 1. The van der Waals surface area contributed by atoms with E-state index in [1.54, 1.807) is 18.7 Å². The molecule has 2 aromatic rings. The van der Waals surface area contributed by atoms with Crippen LogP contribution in [0.4, 0.5) is 0 Å². The summed E-state index contributed by atoms with van der Waals surface area (Å²) in [6, 6.07) is 3.92. The first-order valence-electron chi connectivity index (χ1n) is 8.19. The van der Waals surface area contributed by atoms with Crippen molar-refractivity contribution in [1.29, 1.82) is 0 Å². The Hall–Kier alpha value is -1.63. The van der Waals surface area contributed by atoms with Gasteiger partial charge in [-0.05, 0) is 55.5 Å². The van der Waals surface area contributed by atoms with E-state index in [4.69, 9.17) is 0 Å². The van der Waals surface area contributed by atoms with Crippen molar-refractivity contribution in [2.45, 2.75) is 25.8 Å². The molecule has 1 spiro atoms. The van der Waals surface area contributed by atoms with Crippen LogP contribution in [0.2, 0.25) is 0 Å². The number of nitrogens with one attached hydrogen (secondary N) is 2. The number of nitrogens with zero attached hydrogens (tertiary/aromatic N) is 3. The van der Waals surface area contributed by atoms with Crippen LogP contribution in [-0.4, -0.2) is 33.5 Å². The summed E-state index contributed by atoms with van der Waals surface area (Å²) in [7, 11) is 0. The lowest BCUT2D eigenvalue weighted by atomic mass is 9.92. The van der Waals surface area contributed by atoms with E-state index in [1.807, 2.05) is 22.9 Å². The standard InChI is InChI=1S/C17H21N5O.2ClH/c23-16(14-10-17(14)2-5-18-6-3-17)21-11-13-1-4-20-15(9-13)22-8-7-19-12-22;;/h1,4,7-9,12,14,18H,2-3,5-6,10-11H2,(H,21,23);2*1H. The molecule has 2 fully saturated rings. The van der Waals surface area contributed by atoms with E-state index >= 15 is 0 Å². The molecule has 1 aliphatic carbocycles. The van der Waals surface area contributed by atoms with Gasteiger partial charge in [-0.2, -0.15) is 0 Å². The Balaban J connectivity index is 0.00000113. The van der Waals surface area contributed by atoms with E-state index in [-0.39, 0.29) is 42.1 Å². The molecule has 2 N–H and O–H groups in total. The fourth-order valence-corrected chi connectivity index (χ4v) is 3.61. The number of carbonyl (C=O) groups excluding carboxylic acids is 1. The third kappa shape index (κ3) is 4.14. The minimum atomic E-state index is 0. The number of hydrogen-bond acceptors (Lipinski definition) is 4. The third-order valence-electron chi connectivity index (χ3n) is 5.15. The number of aromatic nitrogens is 3. The molecule has 1 aliphatic heterocycles. The van der Waals surface area contributed by atoms with Gasteiger partial charge in [0.2, 0.25) is 5.91 Å². The molecule has 136 valence electrons. The molecule has 0 aromatic carbocycles. The minimum Gasteiger partial charge on any atom is -0.352 e. The number of piperidine rings is 1. The summed E-state index contributed by atoms with van der Waals surface area (Å²) in [6.45, 7) is 2.64. The van der Waals surface area contributed by atoms with Gasteiger partial charge >= 0.3 is 0 Å². The second-order valence-corrected chi connectivity index (χ2v) is 6.58. The summed E-state index contributed by atoms with van der Waals surface area (Å²) >= 11 is 0. The minimum absolute atomic E-state index is 0. The normalized spacial score (nSPS) is 20.2. The highest BCUT2D eigenvalue weighted by Crippen LogP contribution is 2.58. The molecular weight excluding hydrogens is 361 g/mol. The second kappa shape index (κ2) is 8.17. The Labute approximate surface area is 159 Å². The molecule has 1 saturated heterocycles. The van der Waals surface area contributed by atoms with Crippen LogP contribution < -0.4 is 10.6 Å². The van der Waals surface area contributed by atoms with Gasteiger partial charge in [0.1, 0.15) is 12.1 Å². The largest absolute Gasteiger partial charge is 0.352 e. The molecule has 1 unspecified atom stereocenters. The lowest BCUT2D eigenvalue weighted by Gasteiger charge is -2.23. The van der Waals surface area contributed by atoms with Crippen molar-refractivity contribution in [2.24, 2.45) is 11.3 Å². The average molecular weight is 384 g/mol. The van der Waals surface area contributed by atoms with Crippen molar-refractivity contribution in [3.05, 3.63) is 42.6 Å². The molecule has 0 bridgehead atoms. The topological polar surface area (TPSA) is 71.8 Å². The van der Waals surface area contributed by atoms with Crippen molar-refractivity contribution in [3.63, 3.8) is 0 Å². The molecule has 2 aliphatic rings. The van der Waals surface area contributed by atoms with Crippen molar-refractivity contribution in [3.8, 4) is 5.82 Å². The number of imidazole rings is 1. The van der Waals surface area contributed by atoms with Gasteiger partial charge < -0.3 is 10.6 Å². The van der Waals surface area contributed by atoms with Gasteiger partial charge in [-0.15, -0.1) is 24.8 Å². The molecule has 1 amide bonds. The predicted octanol–water partition coefficient (Wildman–Crippen LogP) is 2.12. The highest BCUT2D eigenvalue weighted by atomic mass is 35.5. The third-order valence-corrected chi connectivity index (χ3v) is 5.15. The summed E-state index contributed by atoms with van der Waals surface area (Å²) in [6.07, 6.45) is 10.4. The van der Waals surface area contributed by atoms with Crippen molar-refractivity contribution in [2.75, 3.05) is 13.1 Å². The van der Waals surface area contributed by atoms with Gasteiger partial charge in [0, 0.05) is 31.1 Å². The summed E-state index contributed by atoms with van der Waals surface area (Å²) < 4.78 is 1.86. The van der Waals surface area contributed by atoms with E-state index in [2.05, 4.69) is 20.6 Å². The zero-order chi connectivity index (χ0) is 15.7. The predicted molar refractivity (Wildman–Crippen MR) is 100 cm³/mol. The van der Waals surface area contributed by atoms with Crippen LogP contribution in [0.25, 0.3) is 5.82 Å².